The van der Waals surface area contributed by atoms with Gasteiger partial charge in [-0.05, 0) is 48.4 Å². The molecule has 1 unspecified atom stereocenters. The second kappa shape index (κ2) is 19.2. The number of rotatable bonds is 20. The van der Waals surface area contributed by atoms with E-state index in [0.29, 0.717) is 12.2 Å². The van der Waals surface area contributed by atoms with Gasteiger partial charge in [0, 0.05) is 29.9 Å². The van der Waals surface area contributed by atoms with Crippen LogP contribution in [-0.4, -0.2) is 15.9 Å². The molecule has 1 aromatic heterocycles. The first-order valence-corrected chi connectivity index (χ1v) is 16.3. The molecule has 0 radical (unpaired) electrons. The van der Waals surface area contributed by atoms with Crippen molar-refractivity contribution in [1.82, 2.24) is 9.97 Å². The Hall–Kier alpha value is -3.01. The van der Waals surface area contributed by atoms with Gasteiger partial charge in [0.2, 0.25) is 0 Å². The van der Waals surface area contributed by atoms with Gasteiger partial charge >= 0.3 is 5.97 Å². The monoisotopic (exact) mass is 556 g/mol. The van der Waals surface area contributed by atoms with Crippen LogP contribution in [0.25, 0.3) is 22.5 Å². The van der Waals surface area contributed by atoms with Gasteiger partial charge in [0.1, 0.15) is 5.75 Å². The maximum Gasteiger partial charge on any atom is 0.311 e. The van der Waals surface area contributed by atoms with Crippen molar-refractivity contribution in [1.29, 1.82) is 0 Å². The number of unbranched alkanes of at least 4 members (excludes halogenated alkanes) is 10. The summed E-state index contributed by atoms with van der Waals surface area (Å²) in [5.74, 6) is 1.97. The normalized spacial score (nSPS) is 11.9. The van der Waals surface area contributed by atoms with Gasteiger partial charge in [-0.3, -0.25) is 4.79 Å². The number of hydrogen-bond donors (Lipinski definition) is 0. The maximum atomic E-state index is 12.2. The molecule has 0 fully saturated rings. The predicted octanol–water partition coefficient (Wildman–Crippen LogP) is 10.8. The fourth-order valence-corrected chi connectivity index (χ4v) is 5.13. The number of ether oxygens (including phenoxy) is 1. The number of nitrogens with zero attached hydrogens (tertiary/aromatic N) is 2. The van der Waals surface area contributed by atoms with Crippen molar-refractivity contribution in [3.05, 3.63) is 66.5 Å². The summed E-state index contributed by atoms with van der Waals surface area (Å²) >= 11 is 0. The van der Waals surface area contributed by atoms with Crippen molar-refractivity contribution in [3.63, 3.8) is 0 Å². The van der Waals surface area contributed by atoms with Crippen LogP contribution >= 0.6 is 0 Å². The van der Waals surface area contributed by atoms with Crippen molar-refractivity contribution in [3.8, 4) is 28.3 Å². The summed E-state index contributed by atoms with van der Waals surface area (Å²) < 4.78 is 5.54. The van der Waals surface area contributed by atoms with Gasteiger partial charge < -0.3 is 4.74 Å². The van der Waals surface area contributed by atoms with Crippen LogP contribution in [0.5, 0.6) is 5.75 Å². The van der Waals surface area contributed by atoms with E-state index in [0.717, 1.165) is 47.7 Å². The van der Waals surface area contributed by atoms with Crippen LogP contribution in [-0.2, 0) is 11.2 Å². The lowest BCUT2D eigenvalue weighted by molar-refractivity contribution is -0.134. The van der Waals surface area contributed by atoms with Gasteiger partial charge in [0.25, 0.3) is 0 Å². The number of esters is 1. The minimum Gasteiger partial charge on any atom is -0.427 e. The molecule has 0 saturated heterocycles. The van der Waals surface area contributed by atoms with E-state index in [9.17, 15) is 4.79 Å². The summed E-state index contributed by atoms with van der Waals surface area (Å²) in [6.45, 7) is 6.82. The molecule has 2 aromatic carbocycles. The molecule has 0 bridgehead atoms. The number of aryl methyl sites for hydroxylation is 1. The maximum absolute atomic E-state index is 12.2. The van der Waals surface area contributed by atoms with Crippen molar-refractivity contribution < 1.29 is 9.53 Å². The van der Waals surface area contributed by atoms with E-state index in [2.05, 4.69) is 55.0 Å². The molecule has 4 nitrogen and oxygen atoms in total. The molecule has 3 rings (SSSR count). The van der Waals surface area contributed by atoms with E-state index >= 15 is 0 Å². The third kappa shape index (κ3) is 12.6. The molecule has 1 atom stereocenters. The molecule has 0 aliphatic heterocycles. The fourth-order valence-electron chi connectivity index (χ4n) is 5.13. The molecule has 0 aliphatic carbocycles. The van der Waals surface area contributed by atoms with Gasteiger partial charge in [0.05, 0.1) is 0 Å². The van der Waals surface area contributed by atoms with Crippen LogP contribution in [0.2, 0.25) is 0 Å². The molecule has 1 heterocycles. The number of hydrogen-bond acceptors (Lipinski definition) is 4. The molecular formula is C37H52N2O2. The number of aromatic nitrogens is 2. The second-order valence-corrected chi connectivity index (χ2v) is 11.7. The summed E-state index contributed by atoms with van der Waals surface area (Å²) in [7, 11) is 0. The molecule has 41 heavy (non-hydrogen) atoms. The Morgan fingerprint density at radius 3 is 1.93 bits per heavy atom. The zero-order valence-electron chi connectivity index (χ0n) is 25.9. The number of benzene rings is 2. The van der Waals surface area contributed by atoms with Crippen molar-refractivity contribution >= 4 is 5.97 Å². The van der Waals surface area contributed by atoms with E-state index in [1.54, 1.807) is 0 Å². The third-order valence-corrected chi connectivity index (χ3v) is 8.13. The molecule has 0 spiro atoms. The van der Waals surface area contributed by atoms with Crippen LogP contribution in [0.4, 0.5) is 0 Å². The minimum absolute atomic E-state index is 0.156. The average Bonchev–Trinajstić information content (AvgIpc) is 3.01. The highest BCUT2D eigenvalue weighted by Gasteiger charge is 2.08. The van der Waals surface area contributed by atoms with Crippen molar-refractivity contribution in [2.24, 2.45) is 5.92 Å². The largest absolute Gasteiger partial charge is 0.427 e. The lowest BCUT2D eigenvalue weighted by Crippen LogP contribution is -2.07. The van der Waals surface area contributed by atoms with E-state index in [1.165, 1.54) is 82.6 Å². The quantitative estimate of drug-likeness (QED) is 0.0789. The van der Waals surface area contributed by atoms with Gasteiger partial charge in [-0.15, -0.1) is 0 Å². The average molecular weight is 557 g/mol. The first-order chi connectivity index (χ1) is 20.1. The van der Waals surface area contributed by atoms with Crippen LogP contribution in [0.3, 0.4) is 0 Å². The second-order valence-electron chi connectivity index (χ2n) is 11.7. The van der Waals surface area contributed by atoms with Gasteiger partial charge in [-0.2, -0.15) is 0 Å². The third-order valence-electron chi connectivity index (χ3n) is 8.13. The van der Waals surface area contributed by atoms with E-state index in [1.807, 2.05) is 36.7 Å². The Labute approximate surface area is 249 Å². The lowest BCUT2D eigenvalue weighted by Gasteiger charge is -2.08. The molecule has 0 N–H and O–H groups in total. The first-order valence-electron chi connectivity index (χ1n) is 16.3. The van der Waals surface area contributed by atoms with Crippen LogP contribution < -0.4 is 4.74 Å². The zero-order chi connectivity index (χ0) is 29.1. The smallest absolute Gasteiger partial charge is 0.311 e. The predicted molar refractivity (Wildman–Crippen MR) is 172 cm³/mol. The summed E-state index contributed by atoms with van der Waals surface area (Å²) in [6.07, 6.45) is 23.1. The molecule has 3 aromatic rings. The standard InChI is InChI=1S/C37H52N2O2/c1-4-6-7-8-9-10-11-15-18-31-20-22-33(23-21-31)37-38-28-34(29-39-37)32-24-26-35(27-25-32)41-36(40)19-16-13-12-14-17-30(3)5-2/h20-30H,4-19H2,1-3H3. The summed E-state index contributed by atoms with van der Waals surface area (Å²) in [5, 5.41) is 0. The Balaban J connectivity index is 1.38. The van der Waals surface area contributed by atoms with Crippen LogP contribution in [0, 0.1) is 5.92 Å². The van der Waals surface area contributed by atoms with E-state index < -0.39 is 0 Å². The molecular weight excluding hydrogens is 504 g/mol. The van der Waals surface area contributed by atoms with Crippen LogP contribution in [0.1, 0.15) is 123 Å². The lowest BCUT2D eigenvalue weighted by atomic mass is 10.0. The fraction of sp³-hybridized carbons (Fsp3) is 0.541. The van der Waals surface area contributed by atoms with E-state index in [-0.39, 0.29) is 5.97 Å². The van der Waals surface area contributed by atoms with E-state index in [4.69, 9.17) is 4.74 Å². The highest BCUT2D eigenvalue weighted by molar-refractivity contribution is 5.73. The van der Waals surface area contributed by atoms with Crippen molar-refractivity contribution in [2.75, 3.05) is 0 Å². The molecule has 222 valence electrons. The van der Waals surface area contributed by atoms with Gasteiger partial charge in [-0.25, -0.2) is 9.97 Å². The molecule has 0 saturated carbocycles. The SMILES string of the molecule is CCCCCCCCCCc1ccc(-c2ncc(-c3ccc(OC(=O)CCCCCCC(C)CC)cc3)cn2)cc1. The Bertz CT molecular complexity index is 1110. The highest BCUT2D eigenvalue weighted by atomic mass is 16.5. The highest BCUT2D eigenvalue weighted by Crippen LogP contribution is 2.24. The molecule has 4 heteroatoms. The van der Waals surface area contributed by atoms with Gasteiger partial charge in [0.15, 0.2) is 5.82 Å². The Morgan fingerprint density at radius 1 is 0.683 bits per heavy atom. The summed E-state index contributed by atoms with van der Waals surface area (Å²) in [5.41, 5.74) is 4.36. The minimum atomic E-state index is -0.156. The Morgan fingerprint density at radius 2 is 1.27 bits per heavy atom. The summed E-state index contributed by atoms with van der Waals surface area (Å²) in [4.78, 5) is 21.5. The van der Waals surface area contributed by atoms with Crippen LogP contribution in [0.15, 0.2) is 60.9 Å². The number of carbonyl (C=O) groups excluding carboxylic acids is 1. The zero-order valence-corrected chi connectivity index (χ0v) is 25.9. The molecule has 0 amide bonds. The van der Waals surface area contributed by atoms with Crippen molar-refractivity contribution in [2.45, 2.75) is 124 Å². The molecule has 0 aliphatic rings. The number of carbonyl (C=O) groups is 1. The van der Waals surface area contributed by atoms with Gasteiger partial charge in [-0.1, -0.05) is 134 Å². The Kier molecular flexibility index (Phi) is 15.2. The topological polar surface area (TPSA) is 52.1 Å². The first kappa shape index (κ1) is 32.5. The summed E-state index contributed by atoms with van der Waals surface area (Å²) in [6, 6.07) is 16.3.